The Morgan fingerprint density at radius 1 is 1.59 bits per heavy atom. The highest BCUT2D eigenvalue weighted by atomic mass is 35.5. The maximum Gasteiger partial charge on any atom is 0.241 e. The first-order valence-corrected chi connectivity index (χ1v) is 5.92. The van der Waals surface area contributed by atoms with Crippen LogP contribution in [0.2, 0.25) is 5.02 Å². The van der Waals surface area contributed by atoms with Crippen LogP contribution in [-0.2, 0) is 4.79 Å². The number of aryl methyl sites for hydroxylation is 1. The molecule has 2 atom stereocenters. The van der Waals surface area contributed by atoms with Crippen LogP contribution in [0.3, 0.4) is 0 Å². The molecular formula is C12H15ClN2O2. The van der Waals surface area contributed by atoms with Gasteiger partial charge < -0.3 is 15.7 Å². The van der Waals surface area contributed by atoms with E-state index in [-0.39, 0.29) is 11.9 Å². The van der Waals surface area contributed by atoms with Crippen LogP contribution in [-0.4, -0.2) is 29.7 Å². The lowest BCUT2D eigenvalue weighted by atomic mass is 10.2. The Labute approximate surface area is 105 Å². The van der Waals surface area contributed by atoms with Crippen molar-refractivity contribution in [3.8, 4) is 0 Å². The molecule has 0 aliphatic carbocycles. The quantitative estimate of drug-likeness (QED) is 0.746. The van der Waals surface area contributed by atoms with Gasteiger partial charge in [0.2, 0.25) is 5.91 Å². The van der Waals surface area contributed by atoms with E-state index < -0.39 is 6.10 Å². The summed E-state index contributed by atoms with van der Waals surface area (Å²) in [5.74, 6) is -0.138. The standard InChI is InChI=1S/C12H15ClN2O2/c1-7-2-3-8(4-10(7)13)15-12(17)11-5-9(16)6-14-11/h2-4,9,11,14,16H,5-6H2,1H3,(H,15,17). The normalized spacial score (nSPS) is 23.7. The smallest absolute Gasteiger partial charge is 0.241 e. The van der Waals surface area contributed by atoms with Crippen molar-refractivity contribution in [1.82, 2.24) is 5.32 Å². The molecule has 3 N–H and O–H groups in total. The average molecular weight is 255 g/mol. The molecule has 1 aromatic carbocycles. The van der Waals surface area contributed by atoms with Crippen LogP contribution in [0.15, 0.2) is 18.2 Å². The second-order valence-corrected chi connectivity index (χ2v) is 4.71. The predicted octanol–water partition coefficient (Wildman–Crippen LogP) is 1.31. The molecule has 1 saturated heterocycles. The molecule has 0 saturated carbocycles. The number of halogens is 1. The molecule has 2 unspecified atom stereocenters. The third-order valence-electron chi connectivity index (χ3n) is 2.86. The number of hydrogen-bond acceptors (Lipinski definition) is 3. The maximum atomic E-state index is 11.8. The highest BCUT2D eigenvalue weighted by Gasteiger charge is 2.27. The minimum atomic E-state index is -0.438. The number of carbonyl (C=O) groups is 1. The molecule has 0 aromatic heterocycles. The number of aliphatic hydroxyl groups is 1. The molecule has 1 amide bonds. The molecule has 92 valence electrons. The lowest BCUT2D eigenvalue weighted by Gasteiger charge is -2.11. The van der Waals surface area contributed by atoms with Gasteiger partial charge in [0, 0.05) is 17.3 Å². The SMILES string of the molecule is Cc1ccc(NC(=O)C2CC(O)CN2)cc1Cl. The van der Waals surface area contributed by atoms with E-state index in [1.807, 2.05) is 19.1 Å². The van der Waals surface area contributed by atoms with Crippen molar-refractivity contribution in [2.45, 2.75) is 25.5 Å². The minimum Gasteiger partial charge on any atom is -0.392 e. The second-order valence-electron chi connectivity index (χ2n) is 4.30. The van der Waals surface area contributed by atoms with E-state index >= 15 is 0 Å². The van der Waals surface area contributed by atoms with Gasteiger partial charge in [0.05, 0.1) is 12.1 Å². The Morgan fingerprint density at radius 3 is 2.94 bits per heavy atom. The molecule has 1 fully saturated rings. The molecule has 0 bridgehead atoms. The van der Waals surface area contributed by atoms with Crippen LogP contribution >= 0.6 is 11.6 Å². The molecule has 5 heteroatoms. The van der Waals surface area contributed by atoms with Crippen molar-refractivity contribution in [2.24, 2.45) is 0 Å². The molecule has 1 aliphatic heterocycles. The van der Waals surface area contributed by atoms with Gasteiger partial charge in [0.15, 0.2) is 0 Å². The Balaban J connectivity index is 2.00. The summed E-state index contributed by atoms with van der Waals surface area (Å²) in [6.45, 7) is 2.37. The third kappa shape index (κ3) is 2.97. The van der Waals surface area contributed by atoms with E-state index in [1.54, 1.807) is 6.07 Å². The van der Waals surface area contributed by atoms with Crippen molar-refractivity contribution in [3.63, 3.8) is 0 Å². The molecule has 0 radical (unpaired) electrons. The monoisotopic (exact) mass is 254 g/mol. The summed E-state index contributed by atoms with van der Waals surface area (Å²) in [4.78, 5) is 11.8. The summed E-state index contributed by atoms with van der Waals surface area (Å²) in [6.07, 6.45) is 0.0122. The van der Waals surface area contributed by atoms with Crippen molar-refractivity contribution in [2.75, 3.05) is 11.9 Å². The van der Waals surface area contributed by atoms with Crippen molar-refractivity contribution < 1.29 is 9.90 Å². The number of β-amino-alcohol motifs (C(OH)–C–C–N with tert-alkyl or cyclic N) is 1. The Kier molecular flexibility index (Phi) is 3.66. The van der Waals surface area contributed by atoms with Gasteiger partial charge in [-0.3, -0.25) is 4.79 Å². The van der Waals surface area contributed by atoms with Gasteiger partial charge in [-0.15, -0.1) is 0 Å². The van der Waals surface area contributed by atoms with Crippen LogP contribution < -0.4 is 10.6 Å². The van der Waals surface area contributed by atoms with Gasteiger partial charge in [0.25, 0.3) is 0 Å². The maximum absolute atomic E-state index is 11.8. The molecule has 0 spiro atoms. The zero-order chi connectivity index (χ0) is 12.4. The van der Waals surface area contributed by atoms with E-state index in [9.17, 15) is 9.90 Å². The highest BCUT2D eigenvalue weighted by molar-refractivity contribution is 6.31. The summed E-state index contributed by atoms with van der Waals surface area (Å²) in [6, 6.07) is 5.06. The van der Waals surface area contributed by atoms with Crippen LogP contribution in [0.4, 0.5) is 5.69 Å². The first-order chi connectivity index (χ1) is 8.06. The van der Waals surface area contributed by atoms with Gasteiger partial charge in [-0.05, 0) is 31.0 Å². The largest absolute Gasteiger partial charge is 0.392 e. The topological polar surface area (TPSA) is 61.4 Å². The number of anilines is 1. The van der Waals surface area contributed by atoms with E-state index in [2.05, 4.69) is 10.6 Å². The van der Waals surface area contributed by atoms with Crippen molar-refractivity contribution in [1.29, 1.82) is 0 Å². The van der Waals surface area contributed by atoms with Crippen molar-refractivity contribution >= 4 is 23.2 Å². The number of hydrogen-bond donors (Lipinski definition) is 3. The first kappa shape index (κ1) is 12.4. The van der Waals surface area contributed by atoms with Gasteiger partial charge >= 0.3 is 0 Å². The molecule has 17 heavy (non-hydrogen) atoms. The zero-order valence-electron chi connectivity index (χ0n) is 9.53. The highest BCUT2D eigenvalue weighted by Crippen LogP contribution is 2.20. The summed E-state index contributed by atoms with van der Waals surface area (Å²) in [7, 11) is 0. The zero-order valence-corrected chi connectivity index (χ0v) is 10.3. The minimum absolute atomic E-state index is 0.138. The van der Waals surface area contributed by atoms with Crippen LogP contribution in [0.5, 0.6) is 0 Å². The fourth-order valence-electron chi connectivity index (χ4n) is 1.82. The molecular weight excluding hydrogens is 240 g/mol. The third-order valence-corrected chi connectivity index (χ3v) is 3.27. The van der Waals surface area contributed by atoms with Crippen LogP contribution in [0, 0.1) is 6.92 Å². The summed E-state index contributed by atoms with van der Waals surface area (Å²) in [5, 5.41) is 15.7. The van der Waals surface area contributed by atoms with Crippen LogP contribution in [0.25, 0.3) is 0 Å². The number of nitrogens with one attached hydrogen (secondary N) is 2. The fraction of sp³-hybridized carbons (Fsp3) is 0.417. The van der Waals surface area contributed by atoms with E-state index in [0.29, 0.717) is 23.7 Å². The van der Waals surface area contributed by atoms with Gasteiger partial charge in [-0.2, -0.15) is 0 Å². The number of carbonyl (C=O) groups excluding carboxylic acids is 1. The van der Waals surface area contributed by atoms with E-state index in [1.165, 1.54) is 0 Å². The Bertz CT molecular complexity index is 437. The van der Waals surface area contributed by atoms with Gasteiger partial charge in [-0.1, -0.05) is 17.7 Å². The first-order valence-electron chi connectivity index (χ1n) is 5.54. The van der Waals surface area contributed by atoms with E-state index in [4.69, 9.17) is 11.6 Å². The number of amides is 1. The Morgan fingerprint density at radius 2 is 2.35 bits per heavy atom. The number of aliphatic hydroxyl groups excluding tert-OH is 1. The van der Waals surface area contributed by atoms with Gasteiger partial charge in [-0.25, -0.2) is 0 Å². The summed E-state index contributed by atoms with van der Waals surface area (Å²) in [5.41, 5.74) is 1.65. The molecule has 4 nitrogen and oxygen atoms in total. The summed E-state index contributed by atoms with van der Waals surface area (Å²) < 4.78 is 0. The Hall–Kier alpha value is -1.10. The molecule has 1 aromatic rings. The number of rotatable bonds is 2. The summed E-state index contributed by atoms with van der Waals surface area (Å²) >= 11 is 5.97. The molecule has 1 aliphatic rings. The predicted molar refractivity (Wildman–Crippen MR) is 67.2 cm³/mol. The number of benzene rings is 1. The molecule has 2 rings (SSSR count). The average Bonchev–Trinajstić information content (AvgIpc) is 2.70. The van der Waals surface area contributed by atoms with E-state index in [0.717, 1.165) is 5.56 Å². The second kappa shape index (κ2) is 5.04. The van der Waals surface area contributed by atoms with Gasteiger partial charge in [0.1, 0.15) is 0 Å². The molecule has 1 heterocycles. The van der Waals surface area contributed by atoms with Crippen LogP contribution in [0.1, 0.15) is 12.0 Å². The lowest BCUT2D eigenvalue weighted by Crippen LogP contribution is -2.35. The fourth-order valence-corrected chi connectivity index (χ4v) is 2.00. The lowest BCUT2D eigenvalue weighted by molar-refractivity contribution is -0.117. The van der Waals surface area contributed by atoms with Crippen molar-refractivity contribution in [3.05, 3.63) is 28.8 Å².